The van der Waals surface area contributed by atoms with E-state index in [1.807, 2.05) is 24.3 Å². The van der Waals surface area contributed by atoms with Gasteiger partial charge in [0.25, 0.3) is 0 Å². The van der Waals surface area contributed by atoms with Crippen LogP contribution in [0.1, 0.15) is 47.3 Å². The first-order valence-electron chi connectivity index (χ1n) is 12.4. The summed E-state index contributed by atoms with van der Waals surface area (Å²) in [5.41, 5.74) is 4.61. The zero-order chi connectivity index (χ0) is 24.3. The minimum atomic E-state index is -0.141. The van der Waals surface area contributed by atoms with Crippen molar-refractivity contribution in [2.75, 3.05) is 20.1 Å². The molecule has 0 bridgehead atoms. The van der Waals surface area contributed by atoms with Crippen molar-refractivity contribution < 1.29 is 9.84 Å². The standard InChI is InChI=1S/C26H22O.C6H13NO.ClH/c1-5-13-21(14-6-1)25(22-15-7-2-8-16-22)27-26(23-17-9-3-10-18-23)24-19-11-4-12-20-24;1-7-4-2-6(8)3-5-7;/h1-20,25-26H;6,8H,2-5H2,1H3;1H. The predicted molar refractivity (Wildman–Crippen MR) is 151 cm³/mol. The summed E-state index contributed by atoms with van der Waals surface area (Å²) in [4.78, 5) is 2.24. The third-order valence-electron chi connectivity index (χ3n) is 6.37. The molecule has 4 aromatic rings. The van der Waals surface area contributed by atoms with E-state index in [2.05, 4.69) is 109 Å². The van der Waals surface area contributed by atoms with Gasteiger partial charge in [-0.1, -0.05) is 121 Å². The van der Waals surface area contributed by atoms with Crippen LogP contribution in [0.5, 0.6) is 0 Å². The molecule has 0 spiro atoms. The molecule has 0 aromatic heterocycles. The number of piperidine rings is 1. The van der Waals surface area contributed by atoms with E-state index in [0.29, 0.717) is 0 Å². The number of hydrogen-bond acceptors (Lipinski definition) is 3. The Kier molecular flexibility index (Phi) is 11.2. The summed E-state index contributed by atoms with van der Waals surface area (Å²) >= 11 is 0. The van der Waals surface area contributed by atoms with Gasteiger partial charge in [-0.15, -0.1) is 12.4 Å². The molecule has 0 unspecified atom stereocenters. The number of hydrogen-bond donors (Lipinski definition) is 1. The van der Waals surface area contributed by atoms with Gasteiger partial charge in [-0.2, -0.15) is 0 Å². The average Bonchev–Trinajstić information content (AvgIpc) is 2.93. The molecule has 0 amide bonds. The van der Waals surface area contributed by atoms with Crippen molar-refractivity contribution in [1.82, 2.24) is 4.90 Å². The van der Waals surface area contributed by atoms with Gasteiger partial charge in [-0.25, -0.2) is 0 Å². The number of rotatable bonds is 6. The Morgan fingerprint density at radius 3 is 1.11 bits per heavy atom. The van der Waals surface area contributed by atoms with Crippen LogP contribution in [-0.2, 0) is 4.74 Å². The van der Waals surface area contributed by atoms with Crippen LogP contribution in [0.3, 0.4) is 0 Å². The van der Waals surface area contributed by atoms with Crippen LogP contribution < -0.4 is 0 Å². The molecular weight excluding hydrogens is 466 g/mol. The fraction of sp³-hybridized carbons (Fsp3) is 0.250. The second-order valence-corrected chi connectivity index (χ2v) is 9.07. The zero-order valence-electron chi connectivity index (χ0n) is 20.8. The molecule has 1 aliphatic heterocycles. The van der Waals surface area contributed by atoms with Crippen LogP contribution in [0, 0.1) is 0 Å². The summed E-state index contributed by atoms with van der Waals surface area (Å²) in [7, 11) is 2.09. The SMILES string of the molecule is CN1CCC(O)CC1.Cl.c1ccc(C(OC(c2ccccc2)c2ccccc2)c2ccccc2)cc1. The van der Waals surface area contributed by atoms with E-state index in [1.165, 1.54) is 0 Å². The molecule has 188 valence electrons. The van der Waals surface area contributed by atoms with Crippen LogP contribution in [-0.4, -0.2) is 36.2 Å². The normalized spacial score (nSPS) is 14.1. The number of aliphatic hydroxyl groups excluding tert-OH is 1. The molecule has 36 heavy (non-hydrogen) atoms. The summed E-state index contributed by atoms with van der Waals surface area (Å²) in [6, 6.07) is 41.7. The number of likely N-dealkylation sites (tertiary alicyclic amines) is 1. The lowest BCUT2D eigenvalue weighted by Gasteiger charge is -2.26. The molecule has 1 fully saturated rings. The molecule has 0 radical (unpaired) electrons. The summed E-state index contributed by atoms with van der Waals surface area (Å²) < 4.78 is 6.79. The van der Waals surface area contributed by atoms with Gasteiger partial charge in [0.05, 0.1) is 6.10 Å². The molecule has 0 atom stereocenters. The van der Waals surface area contributed by atoms with E-state index in [-0.39, 0.29) is 30.7 Å². The Hall–Kier alpha value is -2.95. The van der Waals surface area contributed by atoms with Gasteiger partial charge in [0.15, 0.2) is 0 Å². The van der Waals surface area contributed by atoms with Gasteiger partial charge in [-0.3, -0.25) is 0 Å². The highest BCUT2D eigenvalue weighted by atomic mass is 35.5. The second kappa shape index (κ2) is 14.6. The fourth-order valence-electron chi connectivity index (χ4n) is 4.34. The zero-order valence-corrected chi connectivity index (χ0v) is 21.6. The Balaban J connectivity index is 0.000000344. The summed E-state index contributed by atoms with van der Waals surface area (Å²) in [6.07, 6.45) is 1.61. The predicted octanol–water partition coefficient (Wildman–Crippen LogP) is 7.08. The molecule has 4 heteroatoms. The van der Waals surface area contributed by atoms with E-state index in [0.717, 1.165) is 48.2 Å². The lowest BCUT2D eigenvalue weighted by Crippen LogP contribution is -2.32. The molecule has 4 aromatic carbocycles. The highest BCUT2D eigenvalue weighted by Crippen LogP contribution is 2.35. The quantitative estimate of drug-likeness (QED) is 0.306. The van der Waals surface area contributed by atoms with Crippen LogP contribution in [0.2, 0.25) is 0 Å². The van der Waals surface area contributed by atoms with E-state index in [9.17, 15) is 0 Å². The van der Waals surface area contributed by atoms with E-state index in [1.54, 1.807) is 0 Å². The molecule has 0 aliphatic carbocycles. The van der Waals surface area contributed by atoms with Crippen molar-refractivity contribution >= 4 is 12.4 Å². The van der Waals surface area contributed by atoms with Gasteiger partial charge in [0, 0.05) is 13.1 Å². The summed E-state index contributed by atoms with van der Waals surface area (Å²) in [5, 5.41) is 9.00. The Labute approximate surface area is 221 Å². The first-order chi connectivity index (χ1) is 17.2. The Bertz CT molecular complexity index is 932. The summed E-state index contributed by atoms with van der Waals surface area (Å²) in [5.74, 6) is 0. The van der Waals surface area contributed by atoms with Crippen LogP contribution in [0.4, 0.5) is 0 Å². The molecule has 5 rings (SSSR count). The first kappa shape index (κ1) is 27.6. The maximum absolute atomic E-state index is 9.00. The third-order valence-corrected chi connectivity index (χ3v) is 6.37. The van der Waals surface area contributed by atoms with Gasteiger partial charge in [-0.05, 0) is 42.1 Å². The van der Waals surface area contributed by atoms with Gasteiger partial charge in [0.2, 0.25) is 0 Å². The Morgan fingerprint density at radius 1 is 0.583 bits per heavy atom. The molecule has 1 heterocycles. The summed E-state index contributed by atoms with van der Waals surface area (Å²) in [6.45, 7) is 2.11. The minimum Gasteiger partial charge on any atom is -0.393 e. The molecule has 0 saturated carbocycles. The van der Waals surface area contributed by atoms with Crippen molar-refractivity contribution in [2.45, 2.75) is 31.2 Å². The van der Waals surface area contributed by atoms with Crippen LogP contribution in [0.25, 0.3) is 0 Å². The highest BCUT2D eigenvalue weighted by molar-refractivity contribution is 5.85. The number of halogens is 1. The topological polar surface area (TPSA) is 32.7 Å². The van der Waals surface area contributed by atoms with E-state index in [4.69, 9.17) is 9.84 Å². The lowest BCUT2D eigenvalue weighted by molar-refractivity contribution is 0.0308. The largest absolute Gasteiger partial charge is 0.393 e. The maximum Gasteiger partial charge on any atom is 0.109 e. The Morgan fingerprint density at radius 2 is 0.861 bits per heavy atom. The molecule has 1 N–H and O–H groups in total. The highest BCUT2D eigenvalue weighted by Gasteiger charge is 2.22. The van der Waals surface area contributed by atoms with Crippen molar-refractivity contribution in [3.05, 3.63) is 144 Å². The van der Waals surface area contributed by atoms with Crippen molar-refractivity contribution in [1.29, 1.82) is 0 Å². The number of ether oxygens (including phenoxy) is 1. The maximum atomic E-state index is 9.00. The molecule has 3 nitrogen and oxygen atoms in total. The van der Waals surface area contributed by atoms with E-state index < -0.39 is 0 Å². The second-order valence-electron chi connectivity index (χ2n) is 9.07. The van der Waals surface area contributed by atoms with Crippen molar-refractivity contribution in [2.24, 2.45) is 0 Å². The van der Waals surface area contributed by atoms with Crippen molar-refractivity contribution in [3.8, 4) is 0 Å². The van der Waals surface area contributed by atoms with Gasteiger partial charge in [0.1, 0.15) is 12.2 Å². The third kappa shape index (κ3) is 8.04. The molecular formula is C32H36ClNO2. The monoisotopic (exact) mass is 501 g/mol. The minimum absolute atomic E-state index is 0. The number of aliphatic hydroxyl groups is 1. The molecule has 1 saturated heterocycles. The average molecular weight is 502 g/mol. The first-order valence-corrected chi connectivity index (χ1v) is 12.4. The lowest BCUT2D eigenvalue weighted by atomic mass is 9.98. The smallest absolute Gasteiger partial charge is 0.109 e. The van der Waals surface area contributed by atoms with Gasteiger partial charge >= 0.3 is 0 Å². The molecule has 1 aliphatic rings. The number of nitrogens with zero attached hydrogens (tertiary/aromatic N) is 1. The fourth-order valence-corrected chi connectivity index (χ4v) is 4.34. The van der Waals surface area contributed by atoms with Crippen LogP contribution >= 0.6 is 12.4 Å². The van der Waals surface area contributed by atoms with Crippen molar-refractivity contribution in [3.63, 3.8) is 0 Å². The van der Waals surface area contributed by atoms with Crippen LogP contribution in [0.15, 0.2) is 121 Å². The van der Waals surface area contributed by atoms with E-state index >= 15 is 0 Å². The number of benzene rings is 4. The van der Waals surface area contributed by atoms with Gasteiger partial charge < -0.3 is 14.7 Å².